The molecule has 0 radical (unpaired) electrons. The second kappa shape index (κ2) is 11.0. The first-order valence-corrected chi connectivity index (χ1v) is 10.5. The number of aliphatic hydroxyl groups excluding tert-OH is 2. The monoisotopic (exact) mass is 519 g/mol. The maximum absolute atomic E-state index is 13.7. The summed E-state index contributed by atoms with van der Waals surface area (Å²) in [5, 5.41) is 53.4. The van der Waals surface area contributed by atoms with Crippen LogP contribution in [0.1, 0.15) is 34.6 Å². The summed E-state index contributed by atoms with van der Waals surface area (Å²) in [5.74, 6) is -6.52. The standard InChI is InChI=1S/C24H25NO12/c1-13(28)36-17-9-5-3-7-15(17)20(31)22(33,12-27)23(34,24(25,35)19(30)11-26)21(32)16-8-4-6-10-18(16)37-14(2)29/h3-10,12,19,26,30,33-35H,11,25H2,1-2H3/t19-,22-,23-,24+/m1/s1. The lowest BCUT2D eigenvalue weighted by Crippen LogP contribution is -2.81. The Labute approximate surface area is 209 Å². The van der Waals surface area contributed by atoms with Gasteiger partial charge >= 0.3 is 11.9 Å². The van der Waals surface area contributed by atoms with Crippen LogP contribution in [0.4, 0.5) is 0 Å². The van der Waals surface area contributed by atoms with Crippen LogP contribution in [0.5, 0.6) is 11.5 Å². The van der Waals surface area contributed by atoms with Crippen molar-refractivity contribution in [1.82, 2.24) is 0 Å². The molecular weight excluding hydrogens is 494 g/mol. The molecule has 13 heteroatoms. The Kier molecular flexibility index (Phi) is 8.77. The highest BCUT2D eigenvalue weighted by Gasteiger charge is 2.71. The zero-order chi connectivity index (χ0) is 28.2. The zero-order valence-corrected chi connectivity index (χ0v) is 19.7. The molecule has 0 aliphatic carbocycles. The van der Waals surface area contributed by atoms with Crippen LogP contribution in [0.15, 0.2) is 48.5 Å². The van der Waals surface area contributed by atoms with E-state index in [2.05, 4.69) is 0 Å². The van der Waals surface area contributed by atoms with Crippen molar-refractivity contribution in [2.24, 2.45) is 5.73 Å². The molecule has 13 nitrogen and oxygen atoms in total. The van der Waals surface area contributed by atoms with Crippen LogP contribution in [0, 0.1) is 0 Å². The van der Waals surface area contributed by atoms with Gasteiger partial charge in [0.05, 0.1) is 17.7 Å². The summed E-state index contributed by atoms with van der Waals surface area (Å²) < 4.78 is 9.78. The number of rotatable bonds is 11. The fourth-order valence-electron chi connectivity index (χ4n) is 3.54. The van der Waals surface area contributed by atoms with E-state index in [4.69, 9.17) is 15.2 Å². The van der Waals surface area contributed by atoms with Gasteiger partial charge in [0.25, 0.3) is 0 Å². The highest BCUT2D eigenvalue weighted by Crippen LogP contribution is 2.40. The summed E-state index contributed by atoms with van der Waals surface area (Å²) >= 11 is 0. The van der Waals surface area contributed by atoms with E-state index in [9.17, 15) is 49.5 Å². The average molecular weight is 519 g/mol. The van der Waals surface area contributed by atoms with Gasteiger partial charge in [-0.1, -0.05) is 24.3 Å². The summed E-state index contributed by atoms with van der Waals surface area (Å²) in [4.78, 5) is 62.5. The quantitative estimate of drug-likeness (QED) is 0.0484. The molecule has 2 aromatic carbocycles. The Balaban J connectivity index is 2.90. The van der Waals surface area contributed by atoms with E-state index in [1.807, 2.05) is 0 Å². The molecule has 0 aliphatic rings. The molecule has 0 aliphatic heterocycles. The second-order valence-corrected chi connectivity index (χ2v) is 7.96. The Hall–Kier alpha value is -3.85. The van der Waals surface area contributed by atoms with E-state index in [0.29, 0.717) is 0 Å². The smallest absolute Gasteiger partial charge is 0.308 e. The number of ether oxygens (including phenoxy) is 2. The maximum atomic E-state index is 13.7. The van der Waals surface area contributed by atoms with Gasteiger partial charge in [0, 0.05) is 13.8 Å². The molecule has 2 rings (SSSR count). The van der Waals surface area contributed by atoms with Crippen molar-refractivity contribution >= 4 is 29.8 Å². The predicted molar refractivity (Wildman–Crippen MR) is 122 cm³/mol. The van der Waals surface area contributed by atoms with Crippen LogP contribution in [-0.2, 0) is 14.4 Å². The number of aliphatic hydroxyl groups is 5. The van der Waals surface area contributed by atoms with Crippen LogP contribution in [0.25, 0.3) is 0 Å². The third-order valence-electron chi connectivity index (χ3n) is 5.43. The molecule has 7 N–H and O–H groups in total. The summed E-state index contributed by atoms with van der Waals surface area (Å²) in [6.45, 7) is 0.538. The number of esters is 2. The topological polar surface area (TPSA) is 231 Å². The van der Waals surface area contributed by atoms with E-state index in [-0.39, 0.29) is 0 Å². The Morgan fingerprint density at radius 2 is 1.27 bits per heavy atom. The first kappa shape index (κ1) is 29.4. The van der Waals surface area contributed by atoms with Gasteiger partial charge in [0.15, 0.2) is 12.0 Å². The molecule has 0 heterocycles. The fourth-order valence-corrected chi connectivity index (χ4v) is 3.54. The molecule has 0 spiro atoms. The van der Waals surface area contributed by atoms with Crippen LogP contribution >= 0.6 is 0 Å². The zero-order valence-electron chi connectivity index (χ0n) is 19.7. The lowest BCUT2D eigenvalue weighted by atomic mass is 9.66. The normalized spacial score (nSPS) is 16.8. The van der Waals surface area contributed by atoms with Crippen molar-refractivity contribution in [3.8, 4) is 11.5 Å². The van der Waals surface area contributed by atoms with Crippen LogP contribution in [-0.4, -0.2) is 85.0 Å². The van der Waals surface area contributed by atoms with Gasteiger partial charge in [-0.05, 0) is 24.3 Å². The number of ketones is 2. The number of hydrogen-bond acceptors (Lipinski definition) is 13. The van der Waals surface area contributed by atoms with Crippen LogP contribution < -0.4 is 15.2 Å². The molecule has 37 heavy (non-hydrogen) atoms. The number of nitrogens with two attached hydrogens (primary N) is 1. The Bertz CT molecular complexity index is 1230. The number of hydrogen-bond donors (Lipinski definition) is 6. The molecule has 0 amide bonds. The number of para-hydroxylation sites is 2. The third kappa shape index (κ3) is 5.17. The van der Waals surface area contributed by atoms with Crippen molar-refractivity contribution in [1.29, 1.82) is 0 Å². The molecule has 0 aromatic heterocycles. The van der Waals surface area contributed by atoms with Gasteiger partial charge in [-0.3, -0.25) is 29.7 Å². The molecule has 4 atom stereocenters. The summed E-state index contributed by atoms with van der Waals surface area (Å²) in [6, 6.07) is 9.11. The number of carbonyl (C=O) groups excluding carboxylic acids is 5. The molecule has 198 valence electrons. The van der Waals surface area contributed by atoms with Gasteiger partial charge < -0.3 is 35.0 Å². The van der Waals surface area contributed by atoms with E-state index in [1.165, 1.54) is 24.3 Å². The van der Waals surface area contributed by atoms with Crippen LogP contribution in [0.2, 0.25) is 0 Å². The molecule has 0 unspecified atom stereocenters. The van der Waals surface area contributed by atoms with E-state index >= 15 is 0 Å². The van der Waals surface area contributed by atoms with Crippen molar-refractivity contribution < 1.29 is 59.0 Å². The highest BCUT2D eigenvalue weighted by molar-refractivity contribution is 6.21. The molecule has 0 saturated heterocycles. The van der Waals surface area contributed by atoms with Crippen molar-refractivity contribution in [2.45, 2.75) is 36.9 Å². The van der Waals surface area contributed by atoms with Gasteiger partial charge in [0.2, 0.25) is 22.8 Å². The number of Topliss-reactive ketones (excluding diaryl/α,β-unsaturated/α-hetero) is 2. The maximum Gasteiger partial charge on any atom is 0.308 e. The van der Waals surface area contributed by atoms with E-state index in [0.717, 1.165) is 38.1 Å². The van der Waals surface area contributed by atoms with E-state index in [1.54, 1.807) is 0 Å². The molecule has 0 bridgehead atoms. The van der Waals surface area contributed by atoms with E-state index < -0.39 is 82.1 Å². The van der Waals surface area contributed by atoms with Crippen molar-refractivity contribution in [2.75, 3.05) is 6.61 Å². The minimum atomic E-state index is -4.14. The largest absolute Gasteiger partial charge is 0.426 e. The molecule has 0 fully saturated rings. The minimum absolute atomic E-state index is 0.501. The Morgan fingerprint density at radius 3 is 1.65 bits per heavy atom. The predicted octanol–water partition coefficient (Wildman–Crippen LogP) is -1.74. The van der Waals surface area contributed by atoms with Crippen molar-refractivity contribution in [3.05, 3.63) is 59.7 Å². The second-order valence-electron chi connectivity index (χ2n) is 7.96. The molecule has 0 saturated carbocycles. The Morgan fingerprint density at radius 1 is 0.865 bits per heavy atom. The number of carbonyl (C=O) groups is 5. The molecular formula is C24H25NO12. The lowest BCUT2D eigenvalue weighted by molar-refractivity contribution is -0.229. The van der Waals surface area contributed by atoms with Gasteiger partial charge in [-0.15, -0.1) is 0 Å². The first-order valence-electron chi connectivity index (χ1n) is 10.5. The van der Waals surface area contributed by atoms with Gasteiger partial charge in [0.1, 0.15) is 17.6 Å². The van der Waals surface area contributed by atoms with Gasteiger partial charge in [-0.2, -0.15) is 0 Å². The van der Waals surface area contributed by atoms with Crippen molar-refractivity contribution in [3.63, 3.8) is 0 Å². The fraction of sp³-hybridized carbons (Fsp3) is 0.292. The number of benzene rings is 2. The van der Waals surface area contributed by atoms with Crippen LogP contribution in [0.3, 0.4) is 0 Å². The number of aldehydes is 1. The van der Waals surface area contributed by atoms with Gasteiger partial charge in [-0.25, -0.2) is 0 Å². The summed E-state index contributed by atoms with van der Waals surface area (Å²) in [5.41, 5.74) is -7.72. The minimum Gasteiger partial charge on any atom is -0.426 e. The summed E-state index contributed by atoms with van der Waals surface area (Å²) in [6.07, 6.45) is -3.24. The first-order chi connectivity index (χ1) is 17.2. The molecule has 2 aromatic rings. The average Bonchev–Trinajstić information content (AvgIpc) is 2.86. The lowest BCUT2D eigenvalue weighted by Gasteiger charge is -2.47. The summed E-state index contributed by atoms with van der Waals surface area (Å²) in [7, 11) is 0. The SMILES string of the molecule is CC(=O)Oc1ccccc1C(=O)[C@@](O)([C@@](O)(C=O)C(=O)c1ccccc1OC(C)=O)[C@@](N)(O)[C@H](O)CO. The highest BCUT2D eigenvalue weighted by atomic mass is 16.5. The third-order valence-corrected chi connectivity index (χ3v) is 5.43.